The first-order valence-electron chi connectivity index (χ1n) is 6.85. The highest BCUT2D eigenvalue weighted by atomic mass is 35.5. The molecule has 0 spiro atoms. The Bertz CT molecular complexity index is 530. The average Bonchev–Trinajstić information content (AvgIpc) is 2.37. The molecular weight excluding hydrogens is 296 g/mol. The molecule has 0 atom stereocenters. The topological polar surface area (TPSA) is 72.2 Å². The van der Waals surface area contributed by atoms with E-state index in [1.807, 2.05) is 0 Å². The van der Waals surface area contributed by atoms with E-state index in [1.165, 1.54) is 6.07 Å². The van der Waals surface area contributed by atoms with Crippen molar-refractivity contribution in [1.82, 2.24) is 4.72 Å². The van der Waals surface area contributed by atoms with Crippen LogP contribution in [0, 0.1) is 5.92 Å². The maximum atomic E-state index is 12.1. The minimum Gasteiger partial charge on any atom is -0.326 e. The smallest absolute Gasteiger partial charge is 0.242 e. The molecule has 4 nitrogen and oxygen atoms in total. The standard InChI is InChI=1S/C14H23ClN2O2S/c1-11(2)5-3-4-8-17-20(18,19)14-7-6-12(10-16)9-13(14)15/h6-7,9,11,17H,3-5,8,10,16H2,1-2H3. The van der Waals surface area contributed by atoms with Crippen LogP contribution in [0.15, 0.2) is 23.1 Å². The Morgan fingerprint density at radius 1 is 1.30 bits per heavy atom. The Balaban J connectivity index is 2.60. The van der Waals surface area contributed by atoms with Crippen LogP contribution in [0.2, 0.25) is 5.02 Å². The monoisotopic (exact) mass is 318 g/mol. The summed E-state index contributed by atoms with van der Waals surface area (Å²) in [7, 11) is -3.54. The van der Waals surface area contributed by atoms with Gasteiger partial charge in [0.25, 0.3) is 0 Å². The highest BCUT2D eigenvalue weighted by Crippen LogP contribution is 2.22. The van der Waals surface area contributed by atoms with E-state index in [0.29, 0.717) is 19.0 Å². The largest absolute Gasteiger partial charge is 0.326 e. The zero-order valence-corrected chi connectivity index (χ0v) is 13.6. The van der Waals surface area contributed by atoms with Crippen LogP contribution in [0.5, 0.6) is 0 Å². The van der Waals surface area contributed by atoms with Gasteiger partial charge in [-0.05, 0) is 30.0 Å². The SMILES string of the molecule is CC(C)CCCCNS(=O)(=O)c1ccc(CN)cc1Cl. The van der Waals surface area contributed by atoms with Gasteiger partial charge in [-0.15, -0.1) is 0 Å². The summed E-state index contributed by atoms with van der Waals surface area (Å²) in [6.07, 6.45) is 2.95. The average molecular weight is 319 g/mol. The Hall–Kier alpha value is -0.620. The van der Waals surface area contributed by atoms with Crippen molar-refractivity contribution in [2.24, 2.45) is 11.7 Å². The van der Waals surface area contributed by atoms with Gasteiger partial charge in [0, 0.05) is 13.1 Å². The van der Waals surface area contributed by atoms with Gasteiger partial charge in [-0.2, -0.15) is 0 Å². The number of halogens is 1. The molecule has 3 N–H and O–H groups in total. The molecule has 0 fully saturated rings. The highest BCUT2D eigenvalue weighted by molar-refractivity contribution is 7.89. The van der Waals surface area contributed by atoms with Crippen LogP contribution in [0.3, 0.4) is 0 Å². The first-order chi connectivity index (χ1) is 9.36. The number of sulfonamides is 1. The summed E-state index contributed by atoms with van der Waals surface area (Å²) in [6.45, 7) is 5.08. The van der Waals surface area contributed by atoms with Crippen LogP contribution < -0.4 is 10.5 Å². The third-order valence-corrected chi connectivity index (χ3v) is 4.97. The fraction of sp³-hybridized carbons (Fsp3) is 0.571. The lowest BCUT2D eigenvalue weighted by Gasteiger charge is -2.10. The second-order valence-electron chi connectivity index (χ2n) is 5.26. The molecule has 114 valence electrons. The second kappa shape index (κ2) is 7.98. The van der Waals surface area contributed by atoms with Crippen LogP contribution >= 0.6 is 11.6 Å². The van der Waals surface area contributed by atoms with E-state index in [9.17, 15) is 8.42 Å². The zero-order chi connectivity index (χ0) is 15.2. The molecular formula is C14H23ClN2O2S. The lowest BCUT2D eigenvalue weighted by molar-refractivity contribution is 0.530. The summed E-state index contributed by atoms with van der Waals surface area (Å²) in [5, 5.41) is 0.211. The van der Waals surface area contributed by atoms with Gasteiger partial charge in [0.2, 0.25) is 10.0 Å². The minimum atomic E-state index is -3.54. The van der Waals surface area contributed by atoms with Crippen molar-refractivity contribution in [3.05, 3.63) is 28.8 Å². The van der Waals surface area contributed by atoms with E-state index in [4.69, 9.17) is 17.3 Å². The first-order valence-corrected chi connectivity index (χ1v) is 8.71. The summed E-state index contributed by atoms with van der Waals surface area (Å²) in [6, 6.07) is 4.77. The predicted molar refractivity (Wildman–Crippen MR) is 83.2 cm³/mol. The molecule has 0 aliphatic heterocycles. The van der Waals surface area contributed by atoms with Gasteiger partial charge in [0.1, 0.15) is 4.90 Å². The summed E-state index contributed by atoms with van der Waals surface area (Å²) in [5.41, 5.74) is 6.30. The third-order valence-electron chi connectivity index (χ3n) is 3.02. The van der Waals surface area contributed by atoms with Crippen molar-refractivity contribution in [1.29, 1.82) is 0 Å². The van der Waals surface area contributed by atoms with Crippen LogP contribution in [-0.4, -0.2) is 15.0 Å². The third kappa shape index (κ3) is 5.40. The van der Waals surface area contributed by atoms with E-state index in [-0.39, 0.29) is 9.92 Å². The quantitative estimate of drug-likeness (QED) is 0.724. The van der Waals surface area contributed by atoms with Crippen molar-refractivity contribution in [3.63, 3.8) is 0 Å². The molecule has 0 bridgehead atoms. The lowest BCUT2D eigenvalue weighted by Crippen LogP contribution is -2.25. The van der Waals surface area contributed by atoms with Gasteiger partial charge >= 0.3 is 0 Å². The summed E-state index contributed by atoms with van der Waals surface area (Å²) < 4.78 is 26.8. The molecule has 0 aliphatic rings. The van der Waals surface area contributed by atoms with Crippen molar-refractivity contribution in [3.8, 4) is 0 Å². The van der Waals surface area contributed by atoms with Crippen LogP contribution in [0.4, 0.5) is 0 Å². The second-order valence-corrected chi connectivity index (χ2v) is 7.40. The van der Waals surface area contributed by atoms with Crippen LogP contribution in [0.1, 0.15) is 38.7 Å². The first kappa shape index (κ1) is 17.4. The molecule has 0 aromatic heterocycles. The number of rotatable bonds is 8. The van der Waals surface area contributed by atoms with Crippen molar-refractivity contribution < 1.29 is 8.42 Å². The number of nitrogens with two attached hydrogens (primary N) is 1. The van der Waals surface area contributed by atoms with E-state index in [1.54, 1.807) is 12.1 Å². The van der Waals surface area contributed by atoms with Gasteiger partial charge in [0.05, 0.1) is 5.02 Å². The maximum absolute atomic E-state index is 12.1. The number of nitrogens with one attached hydrogen (secondary N) is 1. The molecule has 0 saturated heterocycles. The lowest BCUT2D eigenvalue weighted by atomic mass is 10.1. The van der Waals surface area contributed by atoms with Crippen molar-refractivity contribution >= 4 is 21.6 Å². The molecule has 1 rings (SSSR count). The van der Waals surface area contributed by atoms with Gasteiger partial charge in [0.15, 0.2) is 0 Å². The van der Waals surface area contributed by atoms with Crippen molar-refractivity contribution in [2.75, 3.05) is 6.54 Å². The van der Waals surface area contributed by atoms with E-state index >= 15 is 0 Å². The fourth-order valence-electron chi connectivity index (χ4n) is 1.85. The Morgan fingerprint density at radius 2 is 2.00 bits per heavy atom. The fourth-order valence-corrected chi connectivity index (χ4v) is 3.49. The van der Waals surface area contributed by atoms with Crippen molar-refractivity contribution in [2.45, 2.75) is 44.6 Å². The number of hydrogen-bond acceptors (Lipinski definition) is 3. The Labute approximate surface area is 126 Å². The minimum absolute atomic E-state index is 0.111. The number of hydrogen-bond donors (Lipinski definition) is 2. The molecule has 1 aromatic carbocycles. The molecule has 0 unspecified atom stereocenters. The Morgan fingerprint density at radius 3 is 2.55 bits per heavy atom. The van der Waals surface area contributed by atoms with E-state index in [0.717, 1.165) is 24.8 Å². The van der Waals surface area contributed by atoms with Gasteiger partial charge < -0.3 is 5.73 Å². The van der Waals surface area contributed by atoms with Crippen LogP contribution in [-0.2, 0) is 16.6 Å². The molecule has 6 heteroatoms. The summed E-state index contributed by atoms with van der Waals surface area (Å²) >= 11 is 6.00. The number of unbranched alkanes of at least 4 members (excludes halogenated alkanes) is 1. The zero-order valence-electron chi connectivity index (χ0n) is 12.0. The van der Waals surface area contributed by atoms with E-state index < -0.39 is 10.0 Å². The normalized spacial score (nSPS) is 12.1. The molecule has 0 amide bonds. The molecule has 0 aliphatic carbocycles. The molecule has 0 saturated carbocycles. The molecule has 20 heavy (non-hydrogen) atoms. The van der Waals surface area contributed by atoms with Crippen LogP contribution in [0.25, 0.3) is 0 Å². The Kier molecular flexibility index (Phi) is 6.95. The molecule has 0 heterocycles. The number of benzene rings is 1. The van der Waals surface area contributed by atoms with E-state index in [2.05, 4.69) is 18.6 Å². The summed E-state index contributed by atoms with van der Waals surface area (Å²) in [4.78, 5) is 0.111. The molecule has 1 aromatic rings. The van der Waals surface area contributed by atoms with Gasteiger partial charge in [-0.3, -0.25) is 0 Å². The summed E-state index contributed by atoms with van der Waals surface area (Å²) in [5.74, 6) is 0.643. The maximum Gasteiger partial charge on any atom is 0.242 e. The highest BCUT2D eigenvalue weighted by Gasteiger charge is 2.17. The molecule has 0 radical (unpaired) electrons. The predicted octanol–water partition coefficient (Wildman–Crippen LogP) is 2.90. The van der Waals surface area contributed by atoms with Gasteiger partial charge in [-0.25, -0.2) is 13.1 Å². The van der Waals surface area contributed by atoms with Gasteiger partial charge in [-0.1, -0.05) is 44.4 Å².